The number of carbonyl (C=O) groups excluding carboxylic acids is 1. The molecular weight excluding hydrogens is 354 g/mol. The van der Waals surface area contributed by atoms with Gasteiger partial charge in [0.1, 0.15) is 12.4 Å². The summed E-state index contributed by atoms with van der Waals surface area (Å²) in [5, 5.41) is 2.44. The van der Waals surface area contributed by atoms with Crippen molar-refractivity contribution in [3.05, 3.63) is 59.4 Å². The maximum absolute atomic E-state index is 11.9. The Hall–Kier alpha value is -3.06. The first kappa shape index (κ1) is 17.8. The van der Waals surface area contributed by atoms with Gasteiger partial charge < -0.3 is 18.9 Å². The zero-order valence-electron chi connectivity index (χ0n) is 14.3. The second-order valence-corrected chi connectivity index (χ2v) is 5.74. The molecule has 1 aliphatic rings. The lowest BCUT2D eigenvalue weighted by Gasteiger charge is -2.14. The van der Waals surface area contributed by atoms with Crippen LogP contribution in [0.25, 0.3) is 6.08 Å². The van der Waals surface area contributed by atoms with Crippen molar-refractivity contribution in [3.8, 4) is 17.2 Å². The normalized spacial score (nSPS) is 14.8. The molecule has 0 atom stereocenters. The van der Waals surface area contributed by atoms with Gasteiger partial charge in [-0.1, -0.05) is 30.3 Å². The van der Waals surface area contributed by atoms with E-state index >= 15 is 0 Å². The summed E-state index contributed by atoms with van der Waals surface area (Å²) in [6.07, 6.45) is 1.55. The number of hydrogen-bond acceptors (Lipinski definition) is 6. The minimum absolute atomic E-state index is 0.0217. The molecule has 1 amide bonds. The lowest BCUT2D eigenvalue weighted by Crippen LogP contribution is -2.18. The van der Waals surface area contributed by atoms with Gasteiger partial charge in [0.15, 0.2) is 17.3 Å². The molecule has 0 spiro atoms. The summed E-state index contributed by atoms with van der Waals surface area (Å²) in [5.41, 5.74) is 1.62. The highest BCUT2D eigenvalue weighted by Gasteiger charge is 2.24. The van der Waals surface area contributed by atoms with Gasteiger partial charge in [0.05, 0.1) is 14.2 Å². The van der Waals surface area contributed by atoms with Crippen molar-refractivity contribution < 1.29 is 23.7 Å². The monoisotopic (exact) mass is 371 g/mol. The van der Waals surface area contributed by atoms with Crippen LogP contribution in [0.3, 0.4) is 0 Å². The zero-order valence-corrected chi connectivity index (χ0v) is 15.1. The number of rotatable bonds is 6. The minimum Gasteiger partial charge on any atom is -0.493 e. The van der Waals surface area contributed by atoms with Crippen LogP contribution in [-0.2, 0) is 16.1 Å². The van der Waals surface area contributed by atoms with E-state index in [1.807, 2.05) is 30.3 Å². The minimum atomic E-state index is -0.404. The number of nitrogens with one attached hydrogen (secondary N) is 1. The highest BCUT2D eigenvalue weighted by molar-refractivity contribution is 7.80. The van der Waals surface area contributed by atoms with E-state index in [2.05, 4.69) is 5.32 Å². The van der Waals surface area contributed by atoms with Crippen LogP contribution in [0.2, 0.25) is 0 Å². The summed E-state index contributed by atoms with van der Waals surface area (Å²) in [6, 6.07) is 13.2. The first-order valence-corrected chi connectivity index (χ1v) is 8.19. The van der Waals surface area contributed by atoms with Crippen molar-refractivity contribution in [2.45, 2.75) is 6.61 Å². The Labute approximate surface area is 156 Å². The quantitative estimate of drug-likeness (QED) is 0.622. The third-order valence-corrected chi connectivity index (χ3v) is 3.87. The van der Waals surface area contributed by atoms with Gasteiger partial charge in [-0.3, -0.25) is 10.1 Å². The van der Waals surface area contributed by atoms with Crippen LogP contribution < -0.4 is 19.5 Å². The molecule has 1 fully saturated rings. The number of amides is 1. The molecule has 134 valence electrons. The molecule has 3 rings (SSSR count). The van der Waals surface area contributed by atoms with Gasteiger partial charge >= 0.3 is 0 Å². The molecule has 0 aliphatic carbocycles. The van der Waals surface area contributed by atoms with Crippen molar-refractivity contribution in [3.63, 3.8) is 0 Å². The Morgan fingerprint density at radius 3 is 2.38 bits per heavy atom. The van der Waals surface area contributed by atoms with Crippen LogP contribution in [0, 0.1) is 0 Å². The Morgan fingerprint density at radius 2 is 1.77 bits per heavy atom. The van der Waals surface area contributed by atoms with Crippen molar-refractivity contribution in [1.29, 1.82) is 0 Å². The predicted molar refractivity (Wildman–Crippen MR) is 100 cm³/mol. The lowest BCUT2D eigenvalue weighted by atomic mass is 10.1. The van der Waals surface area contributed by atoms with Crippen LogP contribution in [0.15, 0.2) is 48.2 Å². The molecule has 0 radical (unpaired) electrons. The molecule has 2 aromatic carbocycles. The topological polar surface area (TPSA) is 66.0 Å². The van der Waals surface area contributed by atoms with E-state index in [1.165, 1.54) is 7.11 Å². The summed E-state index contributed by atoms with van der Waals surface area (Å²) < 4.78 is 21.8. The molecule has 6 nitrogen and oxygen atoms in total. The van der Waals surface area contributed by atoms with Gasteiger partial charge in [-0.2, -0.15) is 0 Å². The highest BCUT2D eigenvalue weighted by Crippen LogP contribution is 2.36. The van der Waals surface area contributed by atoms with E-state index in [1.54, 1.807) is 25.3 Å². The Morgan fingerprint density at radius 1 is 1.08 bits per heavy atom. The number of hydrogen-bond donors (Lipinski definition) is 1. The van der Waals surface area contributed by atoms with E-state index in [-0.39, 0.29) is 10.9 Å². The van der Waals surface area contributed by atoms with Crippen LogP contribution >= 0.6 is 12.2 Å². The Bertz CT molecular complexity index is 864. The van der Waals surface area contributed by atoms with Gasteiger partial charge in [-0.15, -0.1) is 0 Å². The average Bonchev–Trinajstić information content (AvgIpc) is 2.98. The molecule has 0 unspecified atom stereocenters. The third kappa shape index (κ3) is 3.94. The number of benzene rings is 2. The lowest BCUT2D eigenvalue weighted by molar-refractivity contribution is -0.116. The van der Waals surface area contributed by atoms with Crippen molar-refractivity contribution in [2.75, 3.05) is 14.2 Å². The Kier molecular flexibility index (Phi) is 5.38. The molecule has 7 heteroatoms. The molecule has 0 saturated carbocycles. The largest absolute Gasteiger partial charge is 0.493 e. The Balaban J connectivity index is 1.96. The summed E-state index contributed by atoms with van der Waals surface area (Å²) in [4.78, 5) is 11.9. The van der Waals surface area contributed by atoms with Crippen molar-refractivity contribution >= 4 is 29.4 Å². The van der Waals surface area contributed by atoms with Crippen LogP contribution in [0.1, 0.15) is 11.1 Å². The maximum Gasteiger partial charge on any atom is 0.294 e. The fourth-order valence-electron chi connectivity index (χ4n) is 2.41. The molecule has 2 aromatic rings. The first-order chi connectivity index (χ1) is 12.6. The van der Waals surface area contributed by atoms with E-state index in [0.717, 1.165) is 5.56 Å². The number of methoxy groups -OCH3 is 2. The summed E-state index contributed by atoms with van der Waals surface area (Å²) >= 11 is 4.85. The molecule has 1 N–H and O–H groups in total. The van der Waals surface area contributed by atoms with Gasteiger partial charge in [-0.25, -0.2) is 0 Å². The van der Waals surface area contributed by atoms with Gasteiger partial charge in [0, 0.05) is 11.6 Å². The average molecular weight is 371 g/mol. The second-order valence-electron chi connectivity index (χ2n) is 5.37. The predicted octanol–water partition coefficient (Wildman–Crippen LogP) is 3.06. The van der Waals surface area contributed by atoms with E-state index in [9.17, 15) is 4.79 Å². The molecule has 1 saturated heterocycles. The fraction of sp³-hybridized carbons (Fsp3) is 0.158. The van der Waals surface area contributed by atoms with E-state index in [0.29, 0.717) is 29.4 Å². The summed E-state index contributed by atoms with van der Waals surface area (Å²) in [7, 11) is 3.08. The third-order valence-electron chi connectivity index (χ3n) is 3.68. The molecule has 26 heavy (non-hydrogen) atoms. The maximum atomic E-state index is 11.9. The number of ether oxygens (including phenoxy) is 4. The molecule has 1 heterocycles. The van der Waals surface area contributed by atoms with Gasteiger partial charge in [0.25, 0.3) is 11.1 Å². The SMILES string of the molecule is COc1cc(C=C2OC(=S)NC2=O)c(OCc2ccccc2)cc1OC. The van der Waals surface area contributed by atoms with Gasteiger partial charge in [-0.05, 0) is 29.9 Å². The molecule has 0 bridgehead atoms. The molecular formula is C19H17NO5S. The van der Waals surface area contributed by atoms with Gasteiger partial charge in [0.2, 0.25) is 0 Å². The van der Waals surface area contributed by atoms with Crippen LogP contribution in [0.5, 0.6) is 17.2 Å². The number of thiocarbonyl (C=S) groups is 1. The standard InChI is InChI=1S/C19H17NO5S/c1-22-15-8-13(9-17-18(21)20-19(26)25-17)14(10-16(15)23-2)24-11-12-6-4-3-5-7-12/h3-10H,11H2,1-2H3,(H,20,21,26). The fourth-order valence-corrected chi connectivity index (χ4v) is 2.59. The number of carbonyl (C=O) groups is 1. The molecule has 0 aromatic heterocycles. The first-order valence-electron chi connectivity index (χ1n) is 7.78. The van der Waals surface area contributed by atoms with Crippen LogP contribution in [-0.4, -0.2) is 25.3 Å². The molecule has 1 aliphatic heterocycles. The highest BCUT2D eigenvalue weighted by atomic mass is 32.1. The van der Waals surface area contributed by atoms with E-state index in [4.69, 9.17) is 31.2 Å². The van der Waals surface area contributed by atoms with E-state index < -0.39 is 5.91 Å². The second kappa shape index (κ2) is 7.88. The zero-order chi connectivity index (χ0) is 18.5. The summed E-state index contributed by atoms with van der Waals surface area (Å²) in [5.74, 6) is 1.23. The smallest absolute Gasteiger partial charge is 0.294 e. The van der Waals surface area contributed by atoms with Crippen molar-refractivity contribution in [1.82, 2.24) is 5.32 Å². The van der Waals surface area contributed by atoms with Crippen LogP contribution in [0.4, 0.5) is 0 Å². The van der Waals surface area contributed by atoms with Crippen molar-refractivity contribution in [2.24, 2.45) is 0 Å². The summed E-state index contributed by atoms with van der Waals surface area (Å²) in [6.45, 7) is 0.359.